The van der Waals surface area contributed by atoms with Crippen molar-refractivity contribution in [3.8, 4) is 0 Å². The van der Waals surface area contributed by atoms with Gasteiger partial charge in [-0.1, -0.05) is 6.58 Å². The summed E-state index contributed by atoms with van der Waals surface area (Å²) in [7, 11) is 0. The fraction of sp³-hybridized carbons (Fsp3) is 0.571. The van der Waals surface area contributed by atoms with Gasteiger partial charge in [0, 0.05) is 6.42 Å². The highest BCUT2D eigenvalue weighted by Gasteiger charge is 2.08. The normalized spacial score (nSPS) is 12.7. The standard InChI is InChI=1S/C7H12O3/c1-5(2)7(10)3-6(9)4-8/h6,8-9H,1,3-4H2,2H3. The smallest absolute Gasteiger partial charge is 0.160 e. The number of ketones is 1. The highest BCUT2D eigenvalue weighted by molar-refractivity contribution is 5.94. The summed E-state index contributed by atoms with van der Waals surface area (Å²) in [4.78, 5) is 10.7. The minimum Gasteiger partial charge on any atom is -0.394 e. The van der Waals surface area contributed by atoms with Crippen molar-refractivity contribution in [1.82, 2.24) is 0 Å². The van der Waals surface area contributed by atoms with E-state index in [1.165, 1.54) is 0 Å². The Morgan fingerprint density at radius 1 is 1.70 bits per heavy atom. The molecule has 0 aliphatic rings. The maximum absolute atomic E-state index is 10.7. The summed E-state index contributed by atoms with van der Waals surface area (Å²) in [6.07, 6.45) is -0.976. The van der Waals surface area contributed by atoms with E-state index in [2.05, 4.69) is 6.58 Å². The van der Waals surface area contributed by atoms with Crippen LogP contribution in [-0.2, 0) is 4.79 Å². The molecule has 1 atom stereocenters. The number of aliphatic hydroxyl groups is 2. The van der Waals surface area contributed by atoms with Crippen LogP contribution in [0.2, 0.25) is 0 Å². The van der Waals surface area contributed by atoms with Crippen LogP contribution in [0.3, 0.4) is 0 Å². The number of rotatable bonds is 4. The second-order valence-corrected chi connectivity index (χ2v) is 2.24. The van der Waals surface area contributed by atoms with Gasteiger partial charge in [-0.15, -0.1) is 0 Å². The van der Waals surface area contributed by atoms with E-state index in [1.54, 1.807) is 6.92 Å². The van der Waals surface area contributed by atoms with Gasteiger partial charge >= 0.3 is 0 Å². The SMILES string of the molecule is C=C(C)C(=O)CC(O)CO. The summed E-state index contributed by atoms with van der Waals surface area (Å²) in [6, 6.07) is 0. The third-order valence-electron chi connectivity index (χ3n) is 1.11. The third kappa shape index (κ3) is 3.37. The zero-order valence-corrected chi connectivity index (χ0v) is 6.00. The van der Waals surface area contributed by atoms with Gasteiger partial charge in [-0.25, -0.2) is 0 Å². The van der Waals surface area contributed by atoms with Crippen LogP contribution in [0.1, 0.15) is 13.3 Å². The van der Waals surface area contributed by atoms with E-state index < -0.39 is 6.10 Å². The van der Waals surface area contributed by atoms with Crippen molar-refractivity contribution in [1.29, 1.82) is 0 Å². The molecule has 0 heterocycles. The molecule has 58 valence electrons. The molecule has 1 unspecified atom stereocenters. The molecule has 0 amide bonds. The van der Waals surface area contributed by atoms with Gasteiger partial charge in [-0.05, 0) is 12.5 Å². The van der Waals surface area contributed by atoms with Crippen LogP contribution in [0.25, 0.3) is 0 Å². The van der Waals surface area contributed by atoms with Gasteiger partial charge in [0.15, 0.2) is 5.78 Å². The number of carbonyl (C=O) groups excluding carboxylic acids is 1. The second kappa shape index (κ2) is 4.19. The summed E-state index contributed by atoms with van der Waals surface area (Å²) in [5.74, 6) is -0.207. The van der Waals surface area contributed by atoms with E-state index in [9.17, 15) is 4.79 Å². The summed E-state index contributed by atoms with van der Waals surface area (Å²) in [5, 5.41) is 17.1. The van der Waals surface area contributed by atoms with Crippen molar-refractivity contribution in [2.75, 3.05) is 6.61 Å². The van der Waals surface area contributed by atoms with Crippen LogP contribution in [-0.4, -0.2) is 28.7 Å². The van der Waals surface area contributed by atoms with E-state index in [0.717, 1.165) is 0 Å². The van der Waals surface area contributed by atoms with Crippen LogP contribution in [0, 0.1) is 0 Å². The Bertz CT molecular complexity index is 140. The van der Waals surface area contributed by atoms with Crippen LogP contribution >= 0.6 is 0 Å². The van der Waals surface area contributed by atoms with Crippen LogP contribution < -0.4 is 0 Å². The largest absolute Gasteiger partial charge is 0.394 e. The molecule has 0 saturated carbocycles. The molecule has 0 aromatic carbocycles. The number of hydrogen-bond acceptors (Lipinski definition) is 3. The molecule has 0 aromatic rings. The average molecular weight is 144 g/mol. The van der Waals surface area contributed by atoms with E-state index in [1.807, 2.05) is 0 Å². The summed E-state index contributed by atoms with van der Waals surface area (Å²) in [6.45, 7) is 4.60. The molecular weight excluding hydrogens is 132 g/mol. The fourth-order valence-corrected chi connectivity index (χ4v) is 0.453. The third-order valence-corrected chi connectivity index (χ3v) is 1.11. The Balaban J connectivity index is 3.68. The molecule has 0 aliphatic carbocycles. The van der Waals surface area contributed by atoms with E-state index in [0.29, 0.717) is 5.57 Å². The lowest BCUT2D eigenvalue weighted by atomic mass is 10.1. The molecule has 0 spiro atoms. The minimum absolute atomic E-state index is 0.0359. The second-order valence-electron chi connectivity index (χ2n) is 2.24. The van der Waals surface area contributed by atoms with Gasteiger partial charge in [-0.2, -0.15) is 0 Å². The average Bonchev–Trinajstić information content (AvgIpc) is 1.87. The number of carbonyl (C=O) groups is 1. The Labute approximate surface area is 60.0 Å². The Hall–Kier alpha value is -0.670. The molecule has 0 rings (SSSR count). The number of Topliss-reactive ketones (excluding diaryl/α,β-unsaturated/α-hetero) is 1. The molecule has 0 saturated heterocycles. The number of allylic oxidation sites excluding steroid dienone is 1. The van der Waals surface area contributed by atoms with Gasteiger partial charge in [0.1, 0.15) is 0 Å². The topological polar surface area (TPSA) is 57.5 Å². The maximum Gasteiger partial charge on any atom is 0.160 e. The monoisotopic (exact) mass is 144 g/mol. The minimum atomic E-state index is -0.941. The molecule has 0 aromatic heterocycles. The molecule has 0 radical (unpaired) electrons. The van der Waals surface area contributed by atoms with Crippen LogP contribution in [0.15, 0.2) is 12.2 Å². The zero-order chi connectivity index (χ0) is 8.15. The van der Waals surface area contributed by atoms with Crippen LogP contribution in [0.4, 0.5) is 0 Å². The summed E-state index contributed by atoms with van der Waals surface area (Å²) in [5.41, 5.74) is 0.410. The molecule has 10 heavy (non-hydrogen) atoms. The lowest BCUT2D eigenvalue weighted by molar-refractivity contribution is -0.117. The highest BCUT2D eigenvalue weighted by Crippen LogP contribution is 1.98. The number of hydrogen-bond donors (Lipinski definition) is 2. The summed E-state index contributed by atoms with van der Waals surface area (Å²) >= 11 is 0. The molecule has 0 fully saturated rings. The molecular formula is C7H12O3. The van der Waals surface area contributed by atoms with Crippen molar-refractivity contribution < 1.29 is 15.0 Å². The predicted octanol–water partition coefficient (Wildman–Crippen LogP) is -0.125. The highest BCUT2D eigenvalue weighted by atomic mass is 16.3. The fourth-order valence-electron chi connectivity index (χ4n) is 0.453. The van der Waals surface area contributed by atoms with Crippen molar-refractivity contribution >= 4 is 5.78 Å². The van der Waals surface area contributed by atoms with E-state index >= 15 is 0 Å². The molecule has 0 bridgehead atoms. The van der Waals surface area contributed by atoms with Crippen LogP contribution in [0.5, 0.6) is 0 Å². The maximum atomic E-state index is 10.7. The first-order chi connectivity index (χ1) is 4.57. The quantitative estimate of drug-likeness (QED) is 0.540. The van der Waals surface area contributed by atoms with Crippen molar-refractivity contribution in [3.63, 3.8) is 0 Å². The van der Waals surface area contributed by atoms with Gasteiger partial charge in [0.05, 0.1) is 12.7 Å². The summed E-state index contributed by atoms with van der Waals surface area (Å²) < 4.78 is 0. The molecule has 2 N–H and O–H groups in total. The van der Waals surface area contributed by atoms with Crippen molar-refractivity contribution in [2.45, 2.75) is 19.4 Å². The lowest BCUT2D eigenvalue weighted by Crippen LogP contribution is -2.17. The molecule has 3 heteroatoms. The zero-order valence-electron chi connectivity index (χ0n) is 6.00. The Kier molecular flexibility index (Phi) is 3.91. The van der Waals surface area contributed by atoms with Gasteiger partial charge in [0.25, 0.3) is 0 Å². The molecule has 0 aliphatic heterocycles. The first-order valence-electron chi connectivity index (χ1n) is 3.05. The van der Waals surface area contributed by atoms with Crippen molar-refractivity contribution in [2.24, 2.45) is 0 Å². The Morgan fingerprint density at radius 2 is 2.20 bits per heavy atom. The van der Waals surface area contributed by atoms with Crippen molar-refractivity contribution in [3.05, 3.63) is 12.2 Å². The van der Waals surface area contributed by atoms with Gasteiger partial charge < -0.3 is 10.2 Å². The number of aliphatic hydroxyl groups excluding tert-OH is 2. The molecule has 3 nitrogen and oxygen atoms in total. The lowest BCUT2D eigenvalue weighted by Gasteiger charge is -2.04. The first-order valence-corrected chi connectivity index (χ1v) is 3.05. The van der Waals surface area contributed by atoms with Gasteiger partial charge in [-0.3, -0.25) is 4.79 Å². The van der Waals surface area contributed by atoms with E-state index in [-0.39, 0.29) is 18.8 Å². The van der Waals surface area contributed by atoms with E-state index in [4.69, 9.17) is 10.2 Å². The first kappa shape index (κ1) is 9.33. The predicted molar refractivity (Wildman–Crippen MR) is 37.5 cm³/mol. The Morgan fingerprint density at radius 3 is 2.50 bits per heavy atom. The van der Waals surface area contributed by atoms with Gasteiger partial charge in [0.2, 0.25) is 0 Å².